The highest BCUT2D eigenvalue weighted by Crippen LogP contribution is 1.76. The van der Waals surface area contributed by atoms with Gasteiger partial charge in [0.1, 0.15) is 0 Å². The molecule has 1 rings (SSSR count). The smallest absolute Gasteiger partial charge is 0.0919 e. The Balaban J connectivity index is 0. The van der Waals surface area contributed by atoms with Crippen LogP contribution in [0.25, 0.3) is 0 Å². The molecule has 0 aliphatic heterocycles. The molecular weight excluding hydrogens is 192 g/mol. The summed E-state index contributed by atoms with van der Waals surface area (Å²) < 4.78 is 0. The van der Waals surface area contributed by atoms with Gasteiger partial charge < -0.3 is 4.98 Å². The molecule has 0 fully saturated rings. The fourth-order valence-electron chi connectivity index (χ4n) is 0.215. The number of imidazole rings is 1. The first-order chi connectivity index (χ1) is 4.41. The molecule has 1 N–H and O–H groups in total. The molecule has 1 aromatic rings. The first-order valence-electron chi connectivity index (χ1n) is 3.34. The molecule has 0 aliphatic rings. The molecule has 0 amide bonds. The summed E-state index contributed by atoms with van der Waals surface area (Å²) in [4.78, 5) is 6.42. The highest BCUT2D eigenvalue weighted by atomic mass is 79.9. The van der Waals surface area contributed by atoms with Crippen molar-refractivity contribution in [2.45, 2.75) is 26.7 Å². The molecule has 0 saturated carbocycles. The molecule has 0 unspecified atom stereocenters. The van der Waals surface area contributed by atoms with Crippen molar-refractivity contribution in [3.05, 3.63) is 18.7 Å². The van der Waals surface area contributed by atoms with Crippen molar-refractivity contribution in [2.75, 3.05) is 0 Å². The van der Waals surface area contributed by atoms with Gasteiger partial charge in [0.2, 0.25) is 0 Å². The third-order valence-corrected chi connectivity index (χ3v) is 0.906. The molecule has 3 heteroatoms. The lowest BCUT2D eigenvalue weighted by Gasteiger charge is -1.68. The second-order valence-electron chi connectivity index (χ2n) is 1.76. The average molecular weight is 207 g/mol. The Labute approximate surface area is 72.8 Å². The van der Waals surface area contributed by atoms with Gasteiger partial charge in [-0.1, -0.05) is 26.7 Å². The van der Waals surface area contributed by atoms with Crippen LogP contribution in [-0.2, 0) is 0 Å². The SMILES string of the molecule is Br.CCCC.c1c[nH]cn1. The molecule has 1 aromatic heterocycles. The van der Waals surface area contributed by atoms with E-state index in [1.165, 1.54) is 12.8 Å². The lowest BCUT2D eigenvalue weighted by atomic mass is 10.4. The molecule has 0 bridgehead atoms. The third-order valence-electron chi connectivity index (χ3n) is 0.906. The van der Waals surface area contributed by atoms with E-state index < -0.39 is 0 Å². The van der Waals surface area contributed by atoms with Crippen LogP contribution in [0.15, 0.2) is 18.7 Å². The van der Waals surface area contributed by atoms with Gasteiger partial charge in [-0.25, -0.2) is 4.98 Å². The van der Waals surface area contributed by atoms with Crippen LogP contribution in [0.3, 0.4) is 0 Å². The predicted octanol–water partition coefficient (Wildman–Crippen LogP) is 2.79. The van der Waals surface area contributed by atoms with Crippen LogP contribution < -0.4 is 0 Å². The lowest BCUT2D eigenvalue weighted by Crippen LogP contribution is -1.47. The molecule has 0 spiro atoms. The monoisotopic (exact) mass is 206 g/mol. The predicted molar refractivity (Wildman–Crippen MR) is 49.5 cm³/mol. The Morgan fingerprint density at radius 2 is 1.90 bits per heavy atom. The van der Waals surface area contributed by atoms with E-state index in [1.54, 1.807) is 18.7 Å². The molecule has 0 atom stereocenters. The standard InChI is InChI=1S/C4H10.C3H4N2.BrH/c1-3-4-2;1-2-5-3-4-1;/h3-4H2,1-2H3;1-3H,(H,4,5);1H. The van der Waals surface area contributed by atoms with Crippen molar-refractivity contribution in [3.63, 3.8) is 0 Å². The minimum Gasteiger partial charge on any atom is -0.351 e. The number of nitrogens with one attached hydrogen (secondary N) is 1. The van der Waals surface area contributed by atoms with E-state index in [4.69, 9.17) is 0 Å². The van der Waals surface area contributed by atoms with Crippen LogP contribution in [-0.4, -0.2) is 9.97 Å². The first kappa shape index (κ1) is 12.4. The van der Waals surface area contributed by atoms with E-state index in [9.17, 15) is 0 Å². The Morgan fingerprint density at radius 3 is 2.00 bits per heavy atom. The van der Waals surface area contributed by atoms with Crippen molar-refractivity contribution in [2.24, 2.45) is 0 Å². The minimum atomic E-state index is 0. The van der Waals surface area contributed by atoms with Crippen LogP contribution >= 0.6 is 17.0 Å². The summed E-state index contributed by atoms with van der Waals surface area (Å²) in [6.07, 6.45) is 7.72. The normalized spacial score (nSPS) is 7.00. The summed E-state index contributed by atoms with van der Waals surface area (Å²) in [7, 11) is 0. The van der Waals surface area contributed by atoms with E-state index in [0.29, 0.717) is 0 Å². The van der Waals surface area contributed by atoms with Gasteiger partial charge >= 0.3 is 0 Å². The maximum atomic E-state index is 3.67. The van der Waals surface area contributed by atoms with Crippen LogP contribution in [0.4, 0.5) is 0 Å². The van der Waals surface area contributed by atoms with Crippen molar-refractivity contribution in [3.8, 4) is 0 Å². The zero-order chi connectivity index (χ0) is 6.95. The Morgan fingerprint density at radius 1 is 1.30 bits per heavy atom. The Kier molecular flexibility index (Phi) is 14.2. The molecule has 0 saturated heterocycles. The first-order valence-corrected chi connectivity index (χ1v) is 3.34. The number of hydrogen-bond acceptors (Lipinski definition) is 1. The van der Waals surface area contributed by atoms with Crippen LogP contribution in [0.5, 0.6) is 0 Å². The number of aromatic nitrogens is 2. The number of H-pyrrole nitrogens is 1. The van der Waals surface area contributed by atoms with Gasteiger partial charge in [-0.2, -0.15) is 0 Å². The van der Waals surface area contributed by atoms with Gasteiger partial charge in [-0.3, -0.25) is 0 Å². The van der Waals surface area contributed by atoms with E-state index in [-0.39, 0.29) is 17.0 Å². The molecular formula is C7H15BrN2. The summed E-state index contributed by atoms with van der Waals surface area (Å²) in [5.74, 6) is 0. The molecule has 60 valence electrons. The van der Waals surface area contributed by atoms with Crippen molar-refractivity contribution in [1.29, 1.82) is 0 Å². The fourth-order valence-corrected chi connectivity index (χ4v) is 0.215. The molecule has 0 aromatic carbocycles. The summed E-state index contributed by atoms with van der Waals surface area (Å²) in [6.45, 7) is 4.36. The van der Waals surface area contributed by atoms with Crippen LogP contribution in [0.1, 0.15) is 26.7 Å². The molecule has 2 nitrogen and oxygen atoms in total. The fraction of sp³-hybridized carbons (Fsp3) is 0.571. The van der Waals surface area contributed by atoms with E-state index in [1.807, 2.05) is 0 Å². The number of rotatable bonds is 1. The highest BCUT2D eigenvalue weighted by Gasteiger charge is 1.56. The van der Waals surface area contributed by atoms with Crippen molar-refractivity contribution in [1.82, 2.24) is 9.97 Å². The van der Waals surface area contributed by atoms with E-state index in [0.717, 1.165) is 0 Å². The molecule has 0 aliphatic carbocycles. The summed E-state index contributed by atoms with van der Waals surface area (Å²) >= 11 is 0. The summed E-state index contributed by atoms with van der Waals surface area (Å²) in [5.41, 5.74) is 0. The van der Waals surface area contributed by atoms with Gasteiger partial charge in [-0.05, 0) is 0 Å². The number of halogens is 1. The lowest BCUT2D eigenvalue weighted by molar-refractivity contribution is 0.886. The largest absolute Gasteiger partial charge is 0.351 e. The number of aromatic amines is 1. The second-order valence-corrected chi connectivity index (χ2v) is 1.76. The van der Waals surface area contributed by atoms with Crippen molar-refractivity contribution < 1.29 is 0 Å². The van der Waals surface area contributed by atoms with Gasteiger partial charge in [0, 0.05) is 12.4 Å². The Hall–Kier alpha value is -0.310. The van der Waals surface area contributed by atoms with Gasteiger partial charge in [0.05, 0.1) is 6.33 Å². The maximum absolute atomic E-state index is 3.67. The molecule has 1 heterocycles. The maximum Gasteiger partial charge on any atom is 0.0919 e. The van der Waals surface area contributed by atoms with Crippen LogP contribution in [0, 0.1) is 0 Å². The highest BCUT2D eigenvalue weighted by molar-refractivity contribution is 8.93. The quantitative estimate of drug-likeness (QED) is 0.753. The zero-order valence-electron chi connectivity index (χ0n) is 6.50. The zero-order valence-corrected chi connectivity index (χ0v) is 8.21. The van der Waals surface area contributed by atoms with E-state index >= 15 is 0 Å². The summed E-state index contributed by atoms with van der Waals surface area (Å²) in [5, 5.41) is 0. The minimum absolute atomic E-state index is 0. The van der Waals surface area contributed by atoms with Gasteiger partial charge in [0.25, 0.3) is 0 Å². The van der Waals surface area contributed by atoms with Crippen molar-refractivity contribution >= 4 is 17.0 Å². The molecule has 10 heavy (non-hydrogen) atoms. The van der Waals surface area contributed by atoms with Crippen LogP contribution in [0.2, 0.25) is 0 Å². The molecule has 0 radical (unpaired) electrons. The topological polar surface area (TPSA) is 28.7 Å². The summed E-state index contributed by atoms with van der Waals surface area (Å²) in [6, 6.07) is 0. The average Bonchev–Trinajstić information content (AvgIpc) is 2.43. The van der Waals surface area contributed by atoms with Gasteiger partial charge in [-0.15, -0.1) is 17.0 Å². The second kappa shape index (κ2) is 11.5. The number of unbranched alkanes of at least 4 members (excludes halogenated alkanes) is 1. The number of nitrogens with zero attached hydrogens (tertiary/aromatic N) is 1. The third kappa shape index (κ3) is 10.6. The number of hydrogen-bond donors (Lipinski definition) is 1. The van der Waals surface area contributed by atoms with Gasteiger partial charge in [0.15, 0.2) is 0 Å². The van der Waals surface area contributed by atoms with E-state index in [2.05, 4.69) is 23.8 Å². The Bertz CT molecular complexity index is 87.1.